The Hall–Kier alpha value is -0.150. The lowest BCUT2D eigenvalue weighted by Crippen LogP contribution is -2.44. The van der Waals surface area contributed by atoms with Crippen LogP contribution in [0.1, 0.15) is 34.6 Å². The highest BCUT2D eigenvalue weighted by atomic mass is 31.2. The molecule has 1 unspecified atom stereocenters. The molecule has 0 amide bonds. The molecule has 5 heteroatoms. The zero-order valence-electron chi connectivity index (χ0n) is 11.5. The van der Waals surface area contributed by atoms with Crippen molar-refractivity contribution in [2.75, 3.05) is 19.4 Å². The van der Waals surface area contributed by atoms with E-state index < -0.39 is 18.6 Å². The number of rotatable bonds is 8. The van der Waals surface area contributed by atoms with Gasteiger partial charge >= 0.3 is 7.60 Å². The van der Waals surface area contributed by atoms with Crippen LogP contribution < -0.4 is 0 Å². The quantitative estimate of drug-likeness (QED) is 0.540. The SMILES string of the molecule is C=CC(C)(C)C(C)(O)CP(=O)(OCC)OCC. The van der Waals surface area contributed by atoms with Gasteiger partial charge in [-0.15, -0.1) is 6.58 Å². The smallest absolute Gasteiger partial charge is 0.333 e. The van der Waals surface area contributed by atoms with E-state index in [9.17, 15) is 9.67 Å². The molecular formula is C12H25O4P. The molecule has 0 saturated heterocycles. The van der Waals surface area contributed by atoms with E-state index >= 15 is 0 Å². The van der Waals surface area contributed by atoms with Crippen LogP contribution in [0.4, 0.5) is 0 Å². The van der Waals surface area contributed by atoms with Gasteiger partial charge < -0.3 is 14.2 Å². The first-order valence-corrected chi connectivity index (χ1v) is 7.61. The summed E-state index contributed by atoms with van der Waals surface area (Å²) in [6, 6.07) is 0. The lowest BCUT2D eigenvalue weighted by Gasteiger charge is -2.39. The third kappa shape index (κ3) is 4.55. The molecular weight excluding hydrogens is 239 g/mol. The minimum Gasteiger partial charge on any atom is -0.389 e. The summed E-state index contributed by atoms with van der Waals surface area (Å²) in [5, 5.41) is 10.4. The van der Waals surface area contributed by atoms with Crippen LogP contribution in [-0.2, 0) is 13.6 Å². The van der Waals surface area contributed by atoms with Crippen LogP contribution in [0.3, 0.4) is 0 Å². The van der Waals surface area contributed by atoms with Crippen LogP contribution in [0, 0.1) is 5.41 Å². The van der Waals surface area contributed by atoms with Crippen molar-refractivity contribution in [1.82, 2.24) is 0 Å². The molecule has 17 heavy (non-hydrogen) atoms. The van der Waals surface area contributed by atoms with Gasteiger partial charge in [0.2, 0.25) is 0 Å². The Morgan fingerprint density at radius 3 is 1.94 bits per heavy atom. The first-order valence-electron chi connectivity index (χ1n) is 5.88. The Balaban J connectivity index is 4.99. The van der Waals surface area contributed by atoms with Gasteiger partial charge in [-0.2, -0.15) is 0 Å². The van der Waals surface area contributed by atoms with Gasteiger partial charge in [-0.05, 0) is 20.8 Å². The maximum atomic E-state index is 12.4. The van der Waals surface area contributed by atoms with Crippen molar-refractivity contribution in [3.05, 3.63) is 12.7 Å². The van der Waals surface area contributed by atoms with Crippen LogP contribution in [0.5, 0.6) is 0 Å². The molecule has 0 aromatic rings. The molecule has 0 aliphatic heterocycles. The summed E-state index contributed by atoms with van der Waals surface area (Å²) in [4.78, 5) is 0. The maximum absolute atomic E-state index is 12.4. The standard InChI is InChI=1S/C12H25O4P/c1-7-11(4,5)12(6,13)10-17(14,15-8-2)16-9-3/h7,13H,1,8-10H2,2-6H3. The molecule has 0 bridgehead atoms. The lowest BCUT2D eigenvalue weighted by molar-refractivity contribution is -0.00967. The highest BCUT2D eigenvalue weighted by molar-refractivity contribution is 7.53. The highest BCUT2D eigenvalue weighted by Crippen LogP contribution is 2.53. The monoisotopic (exact) mass is 264 g/mol. The summed E-state index contributed by atoms with van der Waals surface area (Å²) in [6.45, 7) is 13.1. The van der Waals surface area contributed by atoms with Crippen molar-refractivity contribution in [2.24, 2.45) is 5.41 Å². The summed E-state index contributed by atoms with van der Waals surface area (Å²) < 4.78 is 22.7. The number of aliphatic hydroxyl groups is 1. The average Bonchev–Trinajstić information content (AvgIpc) is 2.16. The van der Waals surface area contributed by atoms with E-state index in [2.05, 4.69) is 6.58 Å². The third-order valence-corrected chi connectivity index (χ3v) is 5.36. The van der Waals surface area contributed by atoms with E-state index in [4.69, 9.17) is 9.05 Å². The van der Waals surface area contributed by atoms with Gasteiger partial charge in [-0.1, -0.05) is 19.9 Å². The second-order valence-corrected chi connectivity index (χ2v) is 6.86. The molecule has 0 aromatic carbocycles. The van der Waals surface area contributed by atoms with E-state index in [1.807, 2.05) is 13.8 Å². The van der Waals surface area contributed by atoms with Crippen molar-refractivity contribution in [3.8, 4) is 0 Å². The Labute approximate surface area is 105 Å². The Kier molecular flexibility index (Phi) is 6.09. The van der Waals surface area contributed by atoms with E-state index in [1.54, 1.807) is 26.8 Å². The molecule has 0 rings (SSSR count). The summed E-state index contributed by atoms with van der Waals surface area (Å²) in [6.07, 6.45) is 1.61. The summed E-state index contributed by atoms with van der Waals surface area (Å²) >= 11 is 0. The van der Waals surface area contributed by atoms with Crippen LogP contribution in [0.15, 0.2) is 12.7 Å². The van der Waals surface area contributed by atoms with E-state index in [-0.39, 0.29) is 6.16 Å². The van der Waals surface area contributed by atoms with Gasteiger partial charge in [0, 0.05) is 5.41 Å². The predicted octanol–water partition coefficient (Wildman–Crippen LogP) is 3.22. The Morgan fingerprint density at radius 1 is 1.24 bits per heavy atom. The molecule has 102 valence electrons. The van der Waals surface area contributed by atoms with Gasteiger partial charge in [0.1, 0.15) is 0 Å². The van der Waals surface area contributed by atoms with Crippen molar-refractivity contribution < 1.29 is 18.7 Å². The van der Waals surface area contributed by atoms with E-state index in [1.165, 1.54) is 0 Å². The summed E-state index contributed by atoms with van der Waals surface area (Å²) in [7, 11) is -3.25. The van der Waals surface area contributed by atoms with Crippen molar-refractivity contribution in [1.29, 1.82) is 0 Å². The van der Waals surface area contributed by atoms with E-state index in [0.717, 1.165) is 0 Å². The topological polar surface area (TPSA) is 55.8 Å². The number of hydrogen-bond acceptors (Lipinski definition) is 4. The molecule has 0 radical (unpaired) electrons. The first kappa shape index (κ1) is 16.9. The minimum atomic E-state index is -3.25. The second kappa shape index (κ2) is 6.14. The second-order valence-electron chi connectivity index (χ2n) is 4.80. The molecule has 0 saturated carbocycles. The molecule has 4 nitrogen and oxygen atoms in total. The van der Waals surface area contributed by atoms with Crippen LogP contribution in [0.25, 0.3) is 0 Å². The maximum Gasteiger partial charge on any atom is 0.333 e. The fraction of sp³-hybridized carbons (Fsp3) is 0.833. The average molecular weight is 264 g/mol. The normalized spacial score (nSPS) is 16.6. The largest absolute Gasteiger partial charge is 0.389 e. The fourth-order valence-corrected chi connectivity index (χ4v) is 3.53. The van der Waals surface area contributed by atoms with Gasteiger partial charge in [0.25, 0.3) is 0 Å². The van der Waals surface area contributed by atoms with Crippen LogP contribution in [0.2, 0.25) is 0 Å². The summed E-state index contributed by atoms with van der Waals surface area (Å²) in [5.74, 6) is 0. The third-order valence-electron chi connectivity index (χ3n) is 3.05. The van der Waals surface area contributed by atoms with E-state index in [0.29, 0.717) is 13.2 Å². The van der Waals surface area contributed by atoms with Gasteiger partial charge in [-0.3, -0.25) is 4.57 Å². The molecule has 0 heterocycles. The van der Waals surface area contributed by atoms with Crippen molar-refractivity contribution >= 4 is 7.60 Å². The lowest BCUT2D eigenvalue weighted by atomic mass is 9.77. The molecule has 0 aromatic heterocycles. The molecule has 1 N–H and O–H groups in total. The fourth-order valence-electron chi connectivity index (χ4n) is 1.32. The molecule has 0 aliphatic rings. The number of hydrogen-bond donors (Lipinski definition) is 1. The van der Waals surface area contributed by atoms with Crippen molar-refractivity contribution in [2.45, 2.75) is 40.2 Å². The molecule has 0 spiro atoms. The van der Waals surface area contributed by atoms with Crippen molar-refractivity contribution in [3.63, 3.8) is 0 Å². The zero-order valence-corrected chi connectivity index (χ0v) is 12.4. The Morgan fingerprint density at radius 2 is 1.65 bits per heavy atom. The minimum absolute atomic E-state index is 0.0410. The van der Waals surface area contributed by atoms with Crippen LogP contribution in [-0.4, -0.2) is 30.1 Å². The Bertz CT molecular complexity index is 287. The zero-order chi connectivity index (χ0) is 13.7. The highest BCUT2D eigenvalue weighted by Gasteiger charge is 2.44. The first-order chi connectivity index (χ1) is 7.64. The van der Waals surface area contributed by atoms with Crippen LogP contribution >= 0.6 is 7.60 Å². The van der Waals surface area contributed by atoms with Gasteiger partial charge in [0.15, 0.2) is 0 Å². The summed E-state index contributed by atoms with van der Waals surface area (Å²) in [5.41, 5.74) is -1.77. The van der Waals surface area contributed by atoms with Gasteiger partial charge in [0.05, 0.1) is 25.0 Å². The molecule has 1 atom stereocenters. The molecule has 0 fully saturated rings. The van der Waals surface area contributed by atoms with Gasteiger partial charge in [-0.25, -0.2) is 0 Å². The predicted molar refractivity (Wildman–Crippen MR) is 70.3 cm³/mol. The molecule has 0 aliphatic carbocycles.